The highest BCUT2D eigenvalue weighted by Gasteiger charge is 2.45. The number of nitrogens with zero attached hydrogens (tertiary/aromatic N) is 1. The standard InChI is InChI=1S/C58H95N15O17.2C2HF3O2/c1-10-30(8)39-53(85)71-40(31(9)75)52(84)64-25-38(76)69-42(45(78)47(59)79)55(87)68-37(26-74)57(89)90-46(32-17-12-11-13-18-32)43(73-51(83)36(24-28(4)5)66-48(80)33-19-14-15-21-62-33)56(88)72-41(44(77)29(6)7)54(86)67-35(23-27(2)3)50(82)65-34(49(81)70-39)20-16-22-63-58(60)61;2*3-2(4,5)1(6)7/h11-13,17-18,27-31,33-37,39-46,62,74-75,77-78H,10,14-16,19-26H2,1-9H3,(H2,59,79)(H,64,84)(H,65,82)(H,66,80)(H,67,86)(H,68,87)(H,69,76)(H,70,81)(H,71,85)(H,72,88)(H,73,83)(H4,60,61,63);2*(H,6,7)/t30-,31-,33-,34+,35-,36-,37-,39?,40?,41-,42-,43-,44+,45-,46+;;/m0../s1. The first-order chi connectivity index (χ1) is 48.2. The maximum absolute atomic E-state index is 15.4. The van der Waals surface area contributed by atoms with Crippen LogP contribution in [-0.2, 0) is 71.9 Å². The normalized spacial score (nSPS) is 24.1. The van der Waals surface area contributed by atoms with Gasteiger partial charge in [0.15, 0.2) is 24.2 Å². The molecule has 23 N–H and O–H groups in total. The summed E-state index contributed by atoms with van der Waals surface area (Å²) >= 11 is 0. The van der Waals surface area contributed by atoms with Gasteiger partial charge in [-0.15, -0.1) is 0 Å². The number of cyclic esters (lactones) is 1. The van der Waals surface area contributed by atoms with E-state index in [2.05, 4.69) is 52.8 Å². The summed E-state index contributed by atoms with van der Waals surface area (Å²) in [7, 11) is 0. The molecule has 2 aliphatic rings. The molecule has 0 saturated carbocycles. The minimum atomic E-state index is -5.08. The van der Waals surface area contributed by atoms with Crippen LogP contribution in [-0.4, -0.2) is 237 Å². The highest BCUT2D eigenvalue weighted by atomic mass is 19.4. The molecular formula is C62H97F6N15O21. The van der Waals surface area contributed by atoms with Crippen molar-refractivity contribution in [1.82, 2.24) is 58.5 Å². The number of esters is 1. The Morgan fingerprint density at radius 1 is 0.654 bits per heavy atom. The predicted molar refractivity (Wildman–Crippen MR) is 352 cm³/mol. The topological polar surface area (TPSA) is 592 Å². The number of carbonyl (C=O) groups is 14. The van der Waals surface area contributed by atoms with Crippen LogP contribution in [0.5, 0.6) is 0 Å². The van der Waals surface area contributed by atoms with Crippen LogP contribution < -0.4 is 75.7 Å². The van der Waals surface area contributed by atoms with Gasteiger partial charge < -0.3 is 111 Å². The van der Waals surface area contributed by atoms with Gasteiger partial charge in [-0.05, 0) is 81.2 Å². The number of piperidine rings is 1. The fraction of sp³-hybridized carbons (Fsp3) is 0.661. The Hall–Kier alpha value is -9.55. The summed E-state index contributed by atoms with van der Waals surface area (Å²) in [6.45, 7) is 12.4. The van der Waals surface area contributed by atoms with Crippen molar-refractivity contribution in [2.75, 3.05) is 26.2 Å². The molecule has 0 bridgehead atoms. The first-order valence-corrected chi connectivity index (χ1v) is 32.8. The molecule has 11 amide bonds. The highest BCUT2D eigenvalue weighted by Crippen LogP contribution is 2.25. The monoisotopic (exact) mass is 1500 g/mol. The number of hydrogen-bond donors (Lipinski definition) is 20. The van der Waals surface area contributed by atoms with Crippen molar-refractivity contribution < 1.29 is 129 Å². The molecule has 2 unspecified atom stereocenters. The number of aliphatic hydroxyl groups is 4. The second-order valence-electron chi connectivity index (χ2n) is 25.4. The molecule has 2 aliphatic heterocycles. The third-order valence-electron chi connectivity index (χ3n) is 15.5. The SMILES string of the molecule is CC[C@H](C)C1NC(=O)[C@@H](CCCN=C(N)N)NC(=O)[C@H](CC(C)C)NC(=O)[C@H]([C@H](O)C(C)C)NC(=O)[C@@H](NC(=O)[C@H](CC(C)C)NC(=O)[C@@H]2CCCCN2)[C@@H](c2ccccc2)OC(=O)[C@H](CO)NC(=O)[C@H]([C@H](O)C(N)=O)NC(=O)CNC(=O)C([C@H](C)O)NC1=O.O=C(O)C(F)(F)F.O=C(O)C(F)(F)F. The molecule has 2 heterocycles. The molecule has 104 heavy (non-hydrogen) atoms. The number of aliphatic hydroxyl groups excluding tert-OH is 4. The van der Waals surface area contributed by atoms with Crippen molar-refractivity contribution in [1.29, 1.82) is 0 Å². The Morgan fingerprint density at radius 2 is 1.17 bits per heavy atom. The molecule has 1 aromatic carbocycles. The average Bonchev–Trinajstić information content (AvgIpc) is 0.818. The highest BCUT2D eigenvalue weighted by molar-refractivity contribution is 6.00. The smallest absolute Gasteiger partial charge is 0.475 e. The van der Waals surface area contributed by atoms with Gasteiger partial charge in [0.25, 0.3) is 0 Å². The molecule has 1 aromatic rings. The number of amides is 11. The van der Waals surface area contributed by atoms with Gasteiger partial charge in [-0.2, -0.15) is 26.3 Å². The number of carboxylic acid groups (broad SMARTS) is 2. The summed E-state index contributed by atoms with van der Waals surface area (Å²) in [4.78, 5) is 192. The van der Waals surface area contributed by atoms with Gasteiger partial charge in [-0.1, -0.05) is 98.6 Å². The number of guanidine groups is 1. The zero-order valence-electron chi connectivity index (χ0n) is 58.5. The van der Waals surface area contributed by atoms with Crippen LogP contribution in [0.1, 0.15) is 125 Å². The van der Waals surface area contributed by atoms with Gasteiger partial charge in [0, 0.05) is 6.54 Å². The van der Waals surface area contributed by atoms with Crippen molar-refractivity contribution in [3.05, 3.63) is 35.9 Å². The molecule has 2 fully saturated rings. The zero-order chi connectivity index (χ0) is 79.8. The molecule has 42 heteroatoms. The molecule has 588 valence electrons. The number of halogens is 6. The van der Waals surface area contributed by atoms with E-state index in [0.29, 0.717) is 19.4 Å². The van der Waals surface area contributed by atoms with E-state index in [1.54, 1.807) is 41.5 Å². The number of benzene rings is 1. The lowest BCUT2D eigenvalue weighted by Gasteiger charge is -2.34. The van der Waals surface area contributed by atoms with Crippen LogP contribution in [0.25, 0.3) is 0 Å². The molecule has 36 nitrogen and oxygen atoms in total. The summed E-state index contributed by atoms with van der Waals surface area (Å²) < 4.78 is 69.4. The Morgan fingerprint density at radius 3 is 1.65 bits per heavy atom. The second kappa shape index (κ2) is 44.2. The van der Waals surface area contributed by atoms with Gasteiger partial charge in [-0.3, -0.25) is 57.7 Å². The van der Waals surface area contributed by atoms with E-state index in [0.717, 1.165) is 13.3 Å². The summed E-state index contributed by atoms with van der Waals surface area (Å²) in [6.07, 6.45) is -16.3. The summed E-state index contributed by atoms with van der Waals surface area (Å²) in [5.74, 6) is -22.2. The van der Waals surface area contributed by atoms with Crippen LogP contribution in [0, 0.1) is 23.7 Å². The number of carbonyl (C=O) groups excluding carboxylic acids is 12. The van der Waals surface area contributed by atoms with Crippen molar-refractivity contribution in [3.63, 3.8) is 0 Å². The van der Waals surface area contributed by atoms with Crippen molar-refractivity contribution in [3.8, 4) is 0 Å². The minimum absolute atomic E-state index is 0.0143. The molecule has 0 radical (unpaired) electrons. The number of primary amides is 1. The number of nitrogens with one attached hydrogen (secondary N) is 11. The zero-order valence-corrected chi connectivity index (χ0v) is 58.5. The maximum atomic E-state index is 15.4. The van der Waals surface area contributed by atoms with Crippen LogP contribution in [0.4, 0.5) is 26.3 Å². The molecule has 0 aliphatic carbocycles. The Balaban J connectivity index is 0.00000348. The number of ether oxygens (including phenoxy) is 1. The number of alkyl halides is 6. The predicted octanol–water partition coefficient (Wildman–Crippen LogP) is -4.40. The number of nitrogens with two attached hydrogens (primary N) is 3. The van der Waals surface area contributed by atoms with E-state index in [1.165, 1.54) is 44.2 Å². The summed E-state index contributed by atoms with van der Waals surface area (Å²) in [5, 5.41) is 85.7. The number of carboxylic acids is 2. The quantitative estimate of drug-likeness (QED) is 0.0182. The fourth-order valence-corrected chi connectivity index (χ4v) is 9.70. The molecular weight excluding hydrogens is 1400 g/mol. The van der Waals surface area contributed by atoms with E-state index in [4.69, 9.17) is 41.7 Å². The second-order valence-corrected chi connectivity index (χ2v) is 25.4. The van der Waals surface area contributed by atoms with Crippen LogP contribution >= 0.6 is 0 Å². The van der Waals surface area contributed by atoms with Crippen LogP contribution in [0.3, 0.4) is 0 Å². The average molecular weight is 1500 g/mol. The van der Waals surface area contributed by atoms with Crippen LogP contribution in [0.15, 0.2) is 35.3 Å². The van der Waals surface area contributed by atoms with E-state index < -0.39 is 205 Å². The van der Waals surface area contributed by atoms with Gasteiger partial charge in [0.2, 0.25) is 65.0 Å². The Labute approximate surface area is 593 Å². The molecule has 2 saturated heterocycles. The largest absolute Gasteiger partial charge is 0.490 e. The Kier molecular flexibility index (Phi) is 39.3. The van der Waals surface area contributed by atoms with Crippen molar-refractivity contribution in [2.24, 2.45) is 45.9 Å². The van der Waals surface area contributed by atoms with Gasteiger partial charge >= 0.3 is 30.3 Å². The number of aliphatic imine (C=N–C) groups is 1. The maximum Gasteiger partial charge on any atom is 0.490 e. The van der Waals surface area contributed by atoms with Crippen molar-refractivity contribution in [2.45, 2.75) is 211 Å². The number of aliphatic carboxylic acids is 2. The number of rotatable bonds is 21. The molecule has 0 spiro atoms. The lowest BCUT2D eigenvalue weighted by atomic mass is 9.95. The van der Waals surface area contributed by atoms with E-state index in [-0.39, 0.29) is 62.0 Å². The lowest BCUT2D eigenvalue weighted by Crippen LogP contribution is -2.64. The summed E-state index contributed by atoms with van der Waals surface area (Å²) in [5.41, 5.74) is 16.4. The van der Waals surface area contributed by atoms with Gasteiger partial charge in [-0.25, -0.2) is 14.4 Å². The molecule has 0 aromatic heterocycles. The van der Waals surface area contributed by atoms with Crippen LogP contribution in [0.2, 0.25) is 0 Å². The van der Waals surface area contributed by atoms with Gasteiger partial charge in [0.1, 0.15) is 48.3 Å². The summed E-state index contributed by atoms with van der Waals surface area (Å²) in [6, 6.07) is -10.1. The van der Waals surface area contributed by atoms with Crippen molar-refractivity contribution >= 4 is 88.8 Å². The third kappa shape index (κ3) is 32.4. The van der Waals surface area contributed by atoms with Gasteiger partial charge in [0.05, 0.1) is 31.4 Å². The molecule has 3 rings (SSSR count). The first kappa shape index (κ1) is 92.5. The number of hydrogen-bond acceptors (Lipinski definition) is 21. The molecule has 15 atom stereocenters. The lowest BCUT2D eigenvalue weighted by molar-refractivity contribution is -0.193. The van der Waals surface area contributed by atoms with E-state index in [1.807, 2.05) is 10.6 Å². The Bertz CT molecular complexity index is 3080. The first-order valence-electron chi connectivity index (χ1n) is 32.8. The fourth-order valence-electron chi connectivity index (χ4n) is 9.70. The van der Waals surface area contributed by atoms with E-state index in [9.17, 15) is 99.5 Å². The van der Waals surface area contributed by atoms with E-state index >= 15 is 4.79 Å². The third-order valence-corrected chi connectivity index (χ3v) is 15.5. The minimum Gasteiger partial charge on any atom is -0.475 e.